The summed E-state index contributed by atoms with van der Waals surface area (Å²) >= 11 is 9.33. The standard InChI is InChI=1S/C12H14BrCl/c1-3-12(2,9-13)8-10-4-6-11(14)7-5-10/h3-7H,1,8-9H2,2H3. The second kappa shape index (κ2) is 4.99. The lowest BCUT2D eigenvalue weighted by Gasteiger charge is -2.22. The molecule has 0 amide bonds. The van der Waals surface area contributed by atoms with Crippen molar-refractivity contribution in [2.45, 2.75) is 13.3 Å². The summed E-state index contributed by atoms with van der Waals surface area (Å²) in [4.78, 5) is 0. The fourth-order valence-electron chi connectivity index (χ4n) is 1.24. The Balaban J connectivity index is 2.77. The van der Waals surface area contributed by atoms with Crippen LogP contribution in [0, 0.1) is 5.41 Å². The molecule has 0 heterocycles. The van der Waals surface area contributed by atoms with E-state index in [4.69, 9.17) is 11.6 Å². The third-order valence-corrected chi connectivity index (χ3v) is 3.85. The Kier molecular flexibility index (Phi) is 4.21. The van der Waals surface area contributed by atoms with Crippen molar-refractivity contribution in [3.05, 3.63) is 47.5 Å². The molecular formula is C12H14BrCl. The van der Waals surface area contributed by atoms with Gasteiger partial charge in [0, 0.05) is 10.4 Å². The van der Waals surface area contributed by atoms with E-state index in [9.17, 15) is 0 Å². The van der Waals surface area contributed by atoms with Crippen molar-refractivity contribution in [1.29, 1.82) is 0 Å². The van der Waals surface area contributed by atoms with E-state index >= 15 is 0 Å². The van der Waals surface area contributed by atoms with E-state index in [2.05, 4.69) is 41.6 Å². The lowest BCUT2D eigenvalue weighted by Crippen LogP contribution is -2.17. The highest BCUT2D eigenvalue weighted by atomic mass is 79.9. The highest BCUT2D eigenvalue weighted by Gasteiger charge is 2.18. The number of rotatable bonds is 4. The molecule has 0 aliphatic heterocycles. The topological polar surface area (TPSA) is 0 Å². The average molecular weight is 274 g/mol. The fourth-order valence-corrected chi connectivity index (χ4v) is 1.80. The number of hydrogen-bond acceptors (Lipinski definition) is 0. The van der Waals surface area contributed by atoms with Crippen molar-refractivity contribution in [2.24, 2.45) is 5.41 Å². The van der Waals surface area contributed by atoms with E-state index in [1.165, 1.54) is 5.56 Å². The first kappa shape index (κ1) is 11.8. The predicted octanol–water partition coefficient (Wildman–Crippen LogP) is 4.47. The van der Waals surface area contributed by atoms with Crippen molar-refractivity contribution < 1.29 is 0 Å². The monoisotopic (exact) mass is 272 g/mol. The van der Waals surface area contributed by atoms with Gasteiger partial charge in [0.2, 0.25) is 0 Å². The van der Waals surface area contributed by atoms with Crippen molar-refractivity contribution in [1.82, 2.24) is 0 Å². The summed E-state index contributed by atoms with van der Waals surface area (Å²) in [6, 6.07) is 7.97. The second-order valence-electron chi connectivity index (χ2n) is 3.80. The average Bonchev–Trinajstić information content (AvgIpc) is 2.21. The van der Waals surface area contributed by atoms with Crippen LogP contribution in [0.2, 0.25) is 5.02 Å². The summed E-state index contributed by atoms with van der Waals surface area (Å²) in [5.41, 5.74) is 1.41. The quantitative estimate of drug-likeness (QED) is 0.561. The fraction of sp³-hybridized carbons (Fsp3) is 0.333. The zero-order valence-corrected chi connectivity index (χ0v) is 10.6. The van der Waals surface area contributed by atoms with Crippen LogP contribution in [-0.2, 0) is 6.42 Å². The third-order valence-electron chi connectivity index (χ3n) is 2.32. The Morgan fingerprint density at radius 1 is 1.43 bits per heavy atom. The predicted molar refractivity (Wildman–Crippen MR) is 67.3 cm³/mol. The van der Waals surface area contributed by atoms with E-state index in [1.54, 1.807) is 0 Å². The minimum atomic E-state index is 0.119. The Morgan fingerprint density at radius 2 is 2.00 bits per heavy atom. The molecule has 1 rings (SSSR count). The molecule has 0 nitrogen and oxygen atoms in total. The highest BCUT2D eigenvalue weighted by molar-refractivity contribution is 9.09. The second-order valence-corrected chi connectivity index (χ2v) is 4.79. The van der Waals surface area contributed by atoms with Crippen LogP contribution in [0.15, 0.2) is 36.9 Å². The summed E-state index contributed by atoms with van der Waals surface area (Å²) in [5.74, 6) is 0. The van der Waals surface area contributed by atoms with Crippen LogP contribution in [0.5, 0.6) is 0 Å². The first-order valence-corrected chi connectivity index (χ1v) is 6.03. The number of alkyl halides is 1. The van der Waals surface area contributed by atoms with Crippen LogP contribution in [0.4, 0.5) is 0 Å². The van der Waals surface area contributed by atoms with Crippen LogP contribution in [0.3, 0.4) is 0 Å². The van der Waals surface area contributed by atoms with Crippen LogP contribution < -0.4 is 0 Å². The Morgan fingerprint density at radius 3 is 2.43 bits per heavy atom. The number of hydrogen-bond donors (Lipinski definition) is 0. The molecule has 0 aromatic heterocycles. The van der Waals surface area contributed by atoms with Gasteiger partial charge in [0.15, 0.2) is 0 Å². The van der Waals surface area contributed by atoms with Gasteiger partial charge in [-0.2, -0.15) is 0 Å². The maximum atomic E-state index is 5.82. The number of halogens is 2. The normalized spacial score (nSPS) is 14.8. The zero-order chi connectivity index (χ0) is 10.6. The molecule has 0 aliphatic rings. The van der Waals surface area contributed by atoms with Crippen molar-refractivity contribution in [3.63, 3.8) is 0 Å². The summed E-state index contributed by atoms with van der Waals surface area (Å²) in [6.45, 7) is 6.05. The van der Waals surface area contributed by atoms with Gasteiger partial charge in [-0.05, 0) is 29.5 Å². The smallest absolute Gasteiger partial charge is 0.0406 e. The van der Waals surface area contributed by atoms with Gasteiger partial charge in [0.25, 0.3) is 0 Å². The maximum Gasteiger partial charge on any atom is 0.0406 e. The van der Waals surface area contributed by atoms with Gasteiger partial charge in [-0.25, -0.2) is 0 Å². The molecule has 1 aromatic rings. The maximum absolute atomic E-state index is 5.82. The van der Waals surface area contributed by atoms with Crippen molar-refractivity contribution in [3.8, 4) is 0 Å². The van der Waals surface area contributed by atoms with Gasteiger partial charge in [-0.1, -0.05) is 52.7 Å². The van der Waals surface area contributed by atoms with Crippen LogP contribution in [0.25, 0.3) is 0 Å². The molecular weight excluding hydrogens is 259 g/mol. The molecule has 1 atom stereocenters. The van der Waals surface area contributed by atoms with Gasteiger partial charge < -0.3 is 0 Å². The van der Waals surface area contributed by atoms with E-state index in [0.717, 1.165) is 16.8 Å². The van der Waals surface area contributed by atoms with E-state index in [1.807, 2.05) is 18.2 Å². The number of allylic oxidation sites excluding steroid dienone is 1. The molecule has 0 spiro atoms. The van der Waals surface area contributed by atoms with Gasteiger partial charge in [-0.3, -0.25) is 0 Å². The van der Waals surface area contributed by atoms with Crippen LogP contribution in [-0.4, -0.2) is 5.33 Å². The number of benzene rings is 1. The molecule has 1 unspecified atom stereocenters. The first-order chi connectivity index (χ1) is 6.59. The Labute approximate surface area is 99.1 Å². The molecule has 2 heteroatoms. The van der Waals surface area contributed by atoms with E-state index in [0.29, 0.717) is 0 Å². The molecule has 0 N–H and O–H groups in total. The zero-order valence-electron chi connectivity index (χ0n) is 8.26. The van der Waals surface area contributed by atoms with Gasteiger partial charge in [0.05, 0.1) is 0 Å². The summed E-state index contributed by atoms with van der Waals surface area (Å²) in [5, 5.41) is 1.71. The molecule has 0 saturated carbocycles. The van der Waals surface area contributed by atoms with Crippen LogP contribution >= 0.6 is 27.5 Å². The lowest BCUT2D eigenvalue weighted by atomic mass is 9.86. The van der Waals surface area contributed by atoms with Gasteiger partial charge in [-0.15, -0.1) is 6.58 Å². The molecule has 0 saturated heterocycles. The van der Waals surface area contributed by atoms with Crippen LogP contribution in [0.1, 0.15) is 12.5 Å². The minimum absolute atomic E-state index is 0.119. The summed E-state index contributed by atoms with van der Waals surface area (Å²) < 4.78 is 0. The SMILES string of the molecule is C=CC(C)(CBr)Cc1ccc(Cl)cc1. The molecule has 0 radical (unpaired) electrons. The van der Waals surface area contributed by atoms with Gasteiger partial charge in [0.1, 0.15) is 0 Å². The lowest BCUT2D eigenvalue weighted by molar-refractivity contribution is 0.493. The molecule has 14 heavy (non-hydrogen) atoms. The third kappa shape index (κ3) is 3.14. The van der Waals surface area contributed by atoms with Gasteiger partial charge >= 0.3 is 0 Å². The summed E-state index contributed by atoms with van der Waals surface area (Å²) in [7, 11) is 0. The minimum Gasteiger partial charge on any atom is -0.102 e. The Bertz CT molecular complexity index is 305. The summed E-state index contributed by atoms with van der Waals surface area (Å²) in [6.07, 6.45) is 2.98. The van der Waals surface area contributed by atoms with E-state index < -0.39 is 0 Å². The largest absolute Gasteiger partial charge is 0.102 e. The first-order valence-electron chi connectivity index (χ1n) is 4.54. The molecule has 0 aliphatic carbocycles. The molecule has 1 aromatic carbocycles. The highest BCUT2D eigenvalue weighted by Crippen LogP contribution is 2.26. The molecule has 76 valence electrons. The Hall–Kier alpha value is -0.270. The molecule has 0 fully saturated rings. The van der Waals surface area contributed by atoms with E-state index in [-0.39, 0.29) is 5.41 Å². The molecule has 0 bridgehead atoms. The van der Waals surface area contributed by atoms with Crippen molar-refractivity contribution in [2.75, 3.05) is 5.33 Å². The van der Waals surface area contributed by atoms with Crippen molar-refractivity contribution >= 4 is 27.5 Å².